The van der Waals surface area contributed by atoms with Crippen LogP contribution in [0.25, 0.3) is 11.5 Å². The van der Waals surface area contributed by atoms with E-state index in [1.807, 2.05) is 18.2 Å². The molecule has 29 heavy (non-hydrogen) atoms. The number of halogens is 1. The van der Waals surface area contributed by atoms with Gasteiger partial charge in [-0.3, -0.25) is 0 Å². The Hall–Kier alpha value is -2.94. The molecule has 0 aliphatic heterocycles. The Labute approximate surface area is 175 Å². The number of benzene rings is 1. The summed E-state index contributed by atoms with van der Waals surface area (Å²) in [5.74, 6) is 1.07. The number of nitrogens with zero attached hydrogens (tertiary/aromatic N) is 3. The highest BCUT2D eigenvalue weighted by atomic mass is 79.9. The number of methoxy groups -OCH3 is 1. The van der Waals surface area contributed by atoms with E-state index in [1.54, 1.807) is 20.2 Å². The van der Waals surface area contributed by atoms with E-state index in [4.69, 9.17) is 14.0 Å². The first-order valence-electron chi connectivity index (χ1n) is 9.23. The lowest BCUT2D eigenvalue weighted by molar-refractivity contribution is 0.0513. The van der Waals surface area contributed by atoms with E-state index in [1.165, 1.54) is 0 Å². The molecule has 4 rings (SSSR count). The van der Waals surface area contributed by atoms with Crippen LogP contribution in [-0.4, -0.2) is 34.8 Å². The number of fused-ring (bicyclic) bond motifs is 3. The molecule has 0 radical (unpaired) electrons. The summed E-state index contributed by atoms with van der Waals surface area (Å²) in [6, 6.07) is 5.62. The van der Waals surface area contributed by atoms with Crippen LogP contribution in [0, 0.1) is 0 Å². The van der Waals surface area contributed by atoms with E-state index in [9.17, 15) is 4.79 Å². The number of ether oxygens (including phenoxy) is 2. The van der Waals surface area contributed by atoms with Crippen molar-refractivity contribution in [2.24, 2.45) is 0 Å². The fourth-order valence-electron chi connectivity index (χ4n) is 3.28. The molecule has 2 aromatic heterocycles. The minimum absolute atomic E-state index is 0.220. The van der Waals surface area contributed by atoms with Crippen LogP contribution in [0.5, 0.6) is 5.75 Å². The molecule has 150 valence electrons. The molecule has 0 fully saturated rings. The van der Waals surface area contributed by atoms with Gasteiger partial charge in [-0.25, -0.2) is 14.8 Å². The van der Waals surface area contributed by atoms with Gasteiger partial charge in [0.15, 0.2) is 11.5 Å². The summed E-state index contributed by atoms with van der Waals surface area (Å²) in [5.41, 5.74) is 3.26. The first-order chi connectivity index (χ1) is 14.1. The maximum atomic E-state index is 12.2. The van der Waals surface area contributed by atoms with Crippen molar-refractivity contribution in [1.82, 2.24) is 15.1 Å². The maximum absolute atomic E-state index is 12.2. The lowest BCUT2D eigenvalue weighted by atomic mass is 10.1. The molecule has 0 saturated carbocycles. The van der Waals surface area contributed by atoms with Crippen LogP contribution in [0.2, 0.25) is 0 Å². The largest absolute Gasteiger partial charge is 0.495 e. The minimum Gasteiger partial charge on any atom is -0.495 e. The number of aromatic nitrogens is 3. The Bertz CT molecular complexity index is 1070. The summed E-state index contributed by atoms with van der Waals surface area (Å²) in [4.78, 5) is 21.3. The van der Waals surface area contributed by atoms with Gasteiger partial charge in [-0.05, 0) is 44.4 Å². The van der Waals surface area contributed by atoms with Gasteiger partial charge in [0.1, 0.15) is 11.4 Å². The molecule has 8 nitrogen and oxygen atoms in total. The van der Waals surface area contributed by atoms with Crippen LogP contribution >= 0.6 is 15.9 Å². The zero-order valence-electron chi connectivity index (χ0n) is 16.0. The van der Waals surface area contributed by atoms with Gasteiger partial charge in [-0.15, -0.1) is 0 Å². The molecule has 1 N–H and O–H groups in total. The summed E-state index contributed by atoms with van der Waals surface area (Å²) < 4.78 is 16.9. The number of hydrogen-bond acceptors (Lipinski definition) is 8. The van der Waals surface area contributed by atoms with Crippen LogP contribution in [-0.2, 0) is 17.6 Å². The lowest BCUT2D eigenvalue weighted by Crippen LogP contribution is -2.08. The molecule has 1 aromatic carbocycles. The normalized spacial score (nSPS) is 12.5. The molecule has 0 spiro atoms. The zero-order chi connectivity index (χ0) is 20.4. The molecule has 9 heteroatoms. The van der Waals surface area contributed by atoms with E-state index >= 15 is 0 Å². The average molecular weight is 459 g/mol. The van der Waals surface area contributed by atoms with Crippen LogP contribution < -0.4 is 10.1 Å². The highest BCUT2D eigenvalue weighted by molar-refractivity contribution is 9.10. The van der Waals surface area contributed by atoms with Crippen molar-refractivity contribution >= 4 is 33.5 Å². The Morgan fingerprint density at radius 1 is 1.34 bits per heavy atom. The first kappa shape index (κ1) is 19.4. The number of carbonyl (C=O) groups excluding carboxylic acids is 1. The fourth-order valence-corrected chi connectivity index (χ4v) is 3.62. The minimum atomic E-state index is -0.479. The first-order valence-corrected chi connectivity index (χ1v) is 10.0. The number of aryl methyl sites for hydroxylation is 1. The summed E-state index contributed by atoms with van der Waals surface area (Å²) in [5, 5.41) is 7.13. The number of nitrogens with one attached hydrogen (secondary N) is 1. The van der Waals surface area contributed by atoms with Crippen LogP contribution in [0.1, 0.15) is 35.0 Å². The SMILES string of the molecule is CCOC(=O)c1noc2c1CCCc1cnc(Nc3ccc(Br)cc3OC)nc1-2. The highest BCUT2D eigenvalue weighted by Crippen LogP contribution is 2.35. The zero-order valence-corrected chi connectivity index (χ0v) is 17.6. The van der Waals surface area contributed by atoms with E-state index in [2.05, 4.69) is 36.4 Å². The molecule has 0 atom stereocenters. The van der Waals surface area contributed by atoms with Gasteiger partial charge in [0, 0.05) is 21.8 Å². The molecular formula is C20H19BrN4O4. The molecule has 0 bridgehead atoms. The van der Waals surface area contributed by atoms with E-state index in [0.717, 1.165) is 34.1 Å². The van der Waals surface area contributed by atoms with Gasteiger partial charge in [0.05, 0.1) is 19.4 Å². The number of rotatable bonds is 5. The van der Waals surface area contributed by atoms with Gasteiger partial charge in [0.2, 0.25) is 5.95 Å². The third kappa shape index (κ3) is 3.82. The van der Waals surface area contributed by atoms with Gasteiger partial charge in [-0.2, -0.15) is 0 Å². The smallest absolute Gasteiger partial charge is 0.360 e. The van der Waals surface area contributed by atoms with Crippen molar-refractivity contribution in [3.05, 3.63) is 45.7 Å². The third-order valence-electron chi connectivity index (χ3n) is 4.62. The lowest BCUT2D eigenvalue weighted by Gasteiger charge is -2.11. The summed E-state index contributed by atoms with van der Waals surface area (Å²) in [7, 11) is 1.60. The van der Waals surface area contributed by atoms with Crippen molar-refractivity contribution < 1.29 is 18.8 Å². The van der Waals surface area contributed by atoms with E-state index in [-0.39, 0.29) is 12.3 Å². The molecule has 2 heterocycles. The number of carbonyl (C=O) groups is 1. The molecule has 1 aliphatic rings. The standard InChI is InChI=1S/C20H19BrN4O4/c1-3-28-19(26)17-13-6-4-5-11-10-22-20(24-16(11)18(13)29-25-17)23-14-8-7-12(21)9-15(14)27-2/h7-10H,3-6H2,1-2H3,(H,22,23,24). The average Bonchev–Trinajstić information content (AvgIpc) is 3.06. The van der Waals surface area contributed by atoms with Gasteiger partial charge in [-0.1, -0.05) is 21.1 Å². The van der Waals surface area contributed by atoms with Crippen LogP contribution in [0.3, 0.4) is 0 Å². The Balaban J connectivity index is 1.72. The number of hydrogen-bond donors (Lipinski definition) is 1. The third-order valence-corrected chi connectivity index (χ3v) is 5.11. The predicted molar refractivity (Wildman–Crippen MR) is 109 cm³/mol. The van der Waals surface area contributed by atoms with Gasteiger partial charge < -0.3 is 19.3 Å². The fraction of sp³-hybridized carbons (Fsp3) is 0.300. The summed E-state index contributed by atoms with van der Waals surface area (Å²) in [6.07, 6.45) is 4.05. The summed E-state index contributed by atoms with van der Waals surface area (Å²) >= 11 is 3.43. The topological polar surface area (TPSA) is 99.4 Å². The second-order valence-electron chi connectivity index (χ2n) is 6.45. The van der Waals surface area contributed by atoms with Gasteiger partial charge >= 0.3 is 5.97 Å². The second kappa shape index (κ2) is 8.20. The summed E-state index contributed by atoms with van der Waals surface area (Å²) in [6.45, 7) is 2.04. The quantitative estimate of drug-likeness (QED) is 0.564. The van der Waals surface area contributed by atoms with Gasteiger partial charge in [0.25, 0.3) is 0 Å². The van der Waals surface area contributed by atoms with Crippen molar-refractivity contribution in [2.45, 2.75) is 26.2 Å². The highest BCUT2D eigenvalue weighted by Gasteiger charge is 2.28. The Morgan fingerprint density at radius 3 is 3.00 bits per heavy atom. The molecule has 0 saturated heterocycles. The number of esters is 1. The molecular weight excluding hydrogens is 440 g/mol. The van der Waals surface area contributed by atoms with E-state index < -0.39 is 5.97 Å². The van der Waals surface area contributed by atoms with Crippen LogP contribution in [0.4, 0.5) is 11.6 Å². The Kier molecular flexibility index (Phi) is 5.48. The second-order valence-corrected chi connectivity index (χ2v) is 7.37. The number of anilines is 2. The van der Waals surface area contributed by atoms with Crippen molar-refractivity contribution in [3.63, 3.8) is 0 Å². The van der Waals surface area contributed by atoms with Crippen molar-refractivity contribution in [2.75, 3.05) is 19.0 Å². The molecule has 3 aromatic rings. The monoisotopic (exact) mass is 458 g/mol. The van der Waals surface area contributed by atoms with E-state index in [0.29, 0.717) is 29.6 Å². The van der Waals surface area contributed by atoms with Crippen LogP contribution in [0.15, 0.2) is 33.4 Å². The maximum Gasteiger partial charge on any atom is 0.360 e. The molecule has 0 amide bonds. The molecule has 0 unspecified atom stereocenters. The van der Waals surface area contributed by atoms with Crippen molar-refractivity contribution in [3.8, 4) is 17.2 Å². The predicted octanol–water partition coefficient (Wildman–Crippen LogP) is 4.31. The molecule has 1 aliphatic carbocycles. The Morgan fingerprint density at radius 2 is 2.21 bits per heavy atom. The van der Waals surface area contributed by atoms with Crippen molar-refractivity contribution in [1.29, 1.82) is 0 Å².